The quantitative estimate of drug-likeness (QED) is 0.671. The molecule has 7 heteroatoms. The number of nitrogens with zero attached hydrogens (tertiary/aromatic N) is 2. The molecular weight excluding hydrogens is 356 g/mol. The second kappa shape index (κ2) is 7.56. The molecule has 2 amide bonds. The van der Waals surface area contributed by atoms with E-state index in [0.717, 1.165) is 24.1 Å². The summed E-state index contributed by atoms with van der Waals surface area (Å²) in [5.41, 5.74) is 7.42. The van der Waals surface area contributed by atoms with Crippen molar-refractivity contribution in [2.24, 2.45) is 5.92 Å². The zero-order valence-electron chi connectivity index (χ0n) is 15.4. The van der Waals surface area contributed by atoms with Gasteiger partial charge in [-0.3, -0.25) is 20.4 Å². The van der Waals surface area contributed by atoms with Gasteiger partial charge in [0, 0.05) is 17.7 Å². The SMILES string of the molecule is COc1cccc(-c2nn(-c3ccccc3)cc2C(=O)NNC(=O)C2CC2)c1. The summed E-state index contributed by atoms with van der Waals surface area (Å²) in [5.74, 6) is 0.0890. The summed E-state index contributed by atoms with van der Waals surface area (Å²) in [4.78, 5) is 24.6. The van der Waals surface area contributed by atoms with Gasteiger partial charge in [0.2, 0.25) is 5.91 Å². The van der Waals surface area contributed by atoms with Crippen molar-refractivity contribution in [3.05, 3.63) is 66.4 Å². The molecule has 0 radical (unpaired) electrons. The summed E-state index contributed by atoms with van der Waals surface area (Å²) in [6.45, 7) is 0. The Kier molecular flexibility index (Phi) is 4.80. The van der Waals surface area contributed by atoms with Crippen molar-refractivity contribution >= 4 is 11.8 Å². The van der Waals surface area contributed by atoms with E-state index < -0.39 is 5.91 Å². The topological polar surface area (TPSA) is 85.2 Å². The lowest BCUT2D eigenvalue weighted by atomic mass is 10.1. The summed E-state index contributed by atoms with van der Waals surface area (Å²) < 4.78 is 6.93. The highest BCUT2D eigenvalue weighted by Gasteiger charge is 2.30. The lowest BCUT2D eigenvalue weighted by Crippen LogP contribution is -2.42. The predicted molar refractivity (Wildman–Crippen MR) is 104 cm³/mol. The molecule has 0 atom stereocenters. The highest BCUT2D eigenvalue weighted by atomic mass is 16.5. The Bertz CT molecular complexity index is 1010. The van der Waals surface area contributed by atoms with Gasteiger partial charge in [0.1, 0.15) is 11.4 Å². The Morgan fingerprint density at radius 1 is 1.07 bits per heavy atom. The number of rotatable bonds is 5. The number of nitrogens with one attached hydrogen (secondary N) is 2. The molecule has 0 spiro atoms. The van der Waals surface area contributed by atoms with Gasteiger partial charge in [0.15, 0.2) is 0 Å². The molecule has 7 nitrogen and oxygen atoms in total. The Balaban J connectivity index is 1.68. The minimum atomic E-state index is -0.422. The van der Waals surface area contributed by atoms with Gasteiger partial charge in [-0.2, -0.15) is 5.10 Å². The van der Waals surface area contributed by atoms with Crippen molar-refractivity contribution in [1.82, 2.24) is 20.6 Å². The lowest BCUT2D eigenvalue weighted by Gasteiger charge is -2.07. The molecule has 2 N–H and O–H groups in total. The van der Waals surface area contributed by atoms with Crippen molar-refractivity contribution in [3.8, 4) is 22.7 Å². The summed E-state index contributed by atoms with van der Waals surface area (Å²) in [5, 5.41) is 4.61. The van der Waals surface area contributed by atoms with Crippen LogP contribution < -0.4 is 15.6 Å². The average Bonchev–Trinajstić information content (AvgIpc) is 3.50. The van der Waals surface area contributed by atoms with Gasteiger partial charge < -0.3 is 4.74 Å². The van der Waals surface area contributed by atoms with E-state index in [4.69, 9.17) is 4.74 Å². The largest absolute Gasteiger partial charge is 0.497 e. The van der Waals surface area contributed by atoms with Crippen LogP contribution in [0.5, 0.6) is 5.75 Å². The Hall–Kier alpha value is -3.61. The van der Waals surface area contributed by atoms with E-state index in [1.807, 2.05) is 54.6 Å². The zero-order chi connectivity index (χ0) is 19.5. The van der Waals surface area contributed by atoms with Crippen molar-refractivity contribution in [3.63, 3.8) is 0 Å². The molecule has 3 aromatic rings. The summed E-state index contributed by atoms with van der Waals surface area (Å²) >= 11 is 0. The van der Waals surface area contributed by atoms with Crippen LogP contribution in [0.1, 0.15) is 23.2 Å². The zero-order valence-corrected chi connectivity index (χ0v) is 15.4. The number of amides is 2. The molecular formula is C21H20N4O3. The van der Waals surface area contributed by atoms with Crippen molar-refractivity contribution in [2.75, 3.05) is 7.11 Å². The lowest BCUT2D eigenvalue weighted by molar-refractivity contribution is -0.123. The Labute approximate surface area is 162 Å². The van der Waals surface area contributed by atoms with Crippen LogP contribution in [0.4, 0.5) is 0 Å². The molecule has 0 aliphatic heterocycles. The number of hydrogen-bond donors (Lipinski definition) is 2. The second-order valence-electron chi connectivity index (χ2n) is 6.62. The fourth-order valence-electron chi connectivity index (χ4n) is 2.87. The number of aromatic nitrogens is 2. The molecule has 1 aliphatic carbocycles. The third kappa shape index (κ3) is 3.73. The van der Waals surface area contributed by atoms with Crippen LogP contribution in [-0.2, 0) is 4.79 Å². The van der Waals surface area contributed by atoms with Crippen LogP contribution in [0.2, 0.25) is 0 Å². The minimum absolute atomic E-state index is 0.00481. The molecule has 4 rings (SSSR count). The number of hydrogen-bond acceptors (Lipinski definition) is 4. The van der Waals surface area contributed by atoms with Gasteiger partial charge in [-0.25, -0.2) is 4.68 Å². The first-order valence-corrected chi connectivity index (χ1v) is 9.05. The van der Waals surface area contributed by atoms with Crippen LogP contribution in [0, 0.1) is 5.92 Å². The first kappa shape index (κ1) is 17.8. The van der Waals surface area contributed by atoms with Gasteiger partial charge >= 0.3 is 0 Å². The van der Waals surface area contributed by atoms with E-state index in [9.17, 15) is 9.59 Å². The fraction of sp³-hybridized carbons (Fsp3) is 0.190. The third-order valence-electron chi connectivity index (χ3n) is 4.57. The normalized spacial score (nSPS) is 13.0. The van der Waals surface area contributed by atoms with Crippen LogP contribution in [0.3, 0.4) is 0 Å². The number of carbonyl (C=O) groups excluding carboxylic acids is 2. The maximum Gasteiger partial charge on any atom is 0.273 e. The first-order valence-electron chi connectivity index (χ1n) is 9.05. The van der Waals surface area contributed by atoms with Crippen LogP contribution >= 0.6 is 0 Å². The number of hydrazine groups is 1. The maximum atomic E-state index is 12.8. The second-order valence-corrected chi connectivity index (χ2v) is 6.62. The first-order chi connectivity index (χ1) is 13.7. The smallest absolute Gasteiger partial charge is 0.273 e. The maximum absolute atomic E-state index is 12.8. The molecule has 2 aromatic carbocycles. The van der Waals surface area contributed by atoms with E-state index in [0.29, 0.717) is 17.0 Å². The van der Waals surface area contributed by atoms with Crippen molar-refractivity contribution in [1.29, 1.82) is 0 Å². The van der Waals surface area contributed by atoms with Gasteiger partial charge in [-0.05, 0) is 37.1 Å². The summed E-state index contributed by atoms with van der Waals surface area (Å²) in [6, 6.07) is 16.9. The third-order valence-corrected chi connectivity index (χ3v) is 4.57. The molecule has 0 bridgehead atoms. The van der Waals surface area contributed by atoms with Crippen molar-refractivity contribution < 1.29 is 14.3 Å². The molecule has 1 aliphatic rings. The molecule has 142 valence electrons. The number of methoxy groups -OCH3 is 1. The van der Waals surface area contributed by atoms with E-state index in [1.165, 1.54) is 0 Å². The summed E-state index contributed by atoms with van der Waals surface area (Å²) in [6.07, 6.45) is 3.38. The fourth-order valence-corrected chi connectivity index (χ4v) is 2.87. The van der Waals surface area contributed by atoms with Gasteiger partial charge in [-0.15, -0.1) is 0 Å². The van der Waals surface area contributed by atoms with E-state index in [-0.39, 0.29) is 11.8 Å². The van der Waals surface area contributed by atoms with E-state index in [2.05, 4.69) is 16.0 Å². The Morgan fingerprint density at radius 3 is 2.57 bits per heavy atom. The monoisotopic (exact) mass is 376 g/mol. The van der Waals surface area contributed by atoms with Crippen molar-refractivity contribution in [2.45, 2.75) is 12.8 Å². The van der Waals surface area contributed by atoms with Crippen LogP contribution in [0.15, 0.2) is 60.8 Å². The molecule has 1 aromatic heterocycles. The number of benzene rings is 2. The highest BCUT2D eigenvalue weighted by Crippen LogP contribution is 2.29. The predicted octanol–water partition coefficient (Wildman–Crippen LogP) is 2.72. The van der Waals surface area contributed by atoms with Crippen LogP contribution in [-0.4, -0.2) is 28.7 Å². The van der Waals surface area contributed by atoms with E-state index in [1.54, 1.807) is 18.0 Å². The number of ether oxygens (including phenoxy) is 1. The van der Waals surface area contributed by atoms with Gasteiger partial charge in [0.05, 0.1) is 18.4 Å². The minimum Gasteiger partial charge on any atom is -0.497 e. The summed E-state index contributed by atoms with van der Waals surface area (Å²) in [7, 11) is 1.59. The molecule has 1 fully saturated rings. The number of carbonyl (C=O) groups is 2. The Morgan fingerprint density at radius 2 is 1.86 bits per heavy atom. The molecule has 1 heterocycles. The average molecular weight is 376 g/mol. The molecule has 0 unspecified atom stereocenters. The van der Waals surface area contributed by atoms with Gasteiger partial charge in [-0.1, -0.05) is 30.3 Å². The van der Waals surface area contributed by atoms with E-state index >= 15 is 0 Å². The highest BCUT2D eigenvalue weighted by molar-refractivity contribution is 6.00. The standard InChI is InChI=1S/C21H20N4O3/c1-28-17-9-5-6-15(12-17)19-18(21(27)23-22-20(26)14-10-11-14)13-25(24-19)16-7-3-2-4-8-16/h2-9,12-14H,10-11H2,1H3,(H,22,26)(H,23,27). The van der Waals surface area contributed by atoms with Gasteiger partial charge in [0.25, 0.3) is 5.91 Å². The molecule has 1 saturated carbocycles. The molecule has 28 heavy (non-hydrogen) atoms. The number of para-hydroxylation sites is 1. The van der Waals surface area contributed by atoms with Crippen LogP contribution in [0.25, 0.3) is 16.9 Å². The molecule has 0 saturated heterocycles.